The molecule has 6 rings (SSSR count). The SMILES string of the molecule is Cn1ccc2cc(C3=C(c4ccc(O[C@H]5CCN(CCCF)C5)cc4)c4ccc(N)cc4CCC3)ccc21. The summed E-state index contributed by atoms with van der Waals surface area (Å²) in [6, 6.07) is 24.0. The highest BCUT2D eigenvalue weighted by Crippen LogP contribution is 2.41. The largest absolute Gasteiger partial charge is 0.489 e. The molecule has 0 radical (unpaired) electrons. The minimum absolute atomic E-state index is 0.161. The van der Waals surface area contributed by atoms with Crippen LogP contribution in [-0.4, -0.2) is 41.9 Å². The van der Waals surface area contributed by atoms with E-state index in [-0.39, 0.29) is 12.8 Å². The molecule has 1 atom stereocenters. The molecule has 0 spiro atoms. The van der Waals surface area contributed by atoms with Gasteiger partial charge in [0.15, 0.2) is 0 Å². The van der Waals surface area contributed by atoms with Crippen LogP contribution in [0, 0.1) is 0 Å². The Labute approximate surface area is 224 Å². The van der Waals surface area contributed by atoms with Gasteiger partial charge in [0, 0.05) is 49.5 Å². The molecule has 1 aliphatic carbocycles. The Kier molecular flexibility index (Phi) is 6.94. The van der Waals surface area contributed by atoms with E-state index in [9.17, 15) is 4.39 Å². The zero-order valence-corrected chi connectivity index (χ0v) is 22.1. The van der Waals surface area contributed by atoms with Crippen molar-refractivity contribution in [3.8, 4) is 5.75 Å². The first-order valence-corrected chi connectivity index (χ1v) is 13.8. The fourth-order valence-corrected chi connectivity index (χ4v) is 6.17. The Morgan fingerprint density at radius 3 is 2.66 bits per heavy atom. The maximum absolute atomic E-state index is 12.6. The number of hydrogen-bond acceptors (Lipinski definition) is 3. The van der Waals surface area contributed by atoms with Gasteiger partial charge in [-0.2, -0.15) is 0 Å². The average molecular weight is 510 g/mol. The zero-order chi connectivity index (χ0) is 26.1. The van der Waals surface area contributed by atoms with E-state index in [4.69, 9.17) is 10.5 Å². The van der Waals surface area contributed by atoms with Gasteiger partial charge in [-0.25, -0.2) is 0 Å². The van der Waals surface area contributed by atoms with Gasteiger partial charge in [0.1, 0.15) is 11.9 Å². The number of anilines is 1. The number of likely N-dealkylation sites (tertiary alicyclic amines) is 1. The number of alkyl halides is 1. The molecule has 3 aromatic carbocycles. The second-order valence-corrected chi connectivity index (χ2v) is 10.7. The smallest absolute Gasteiger partial charge is 0.119 e. The lowest BCUT2D eigenvalue weighted by atomic mass is 9.87. The Morgan fingerprint density at radius 1 is 0.974 bits per heavy atom. The first kappa shape index (κ1) is 24.7. The van der Waals surface area contributed by atoms with E-state index in [1.807, 2.05) is 6.07 Å². The summed E-state index contributed by atoms with van der Waals surface area (Å²) < 4.78 is 21.1. The first-order valence-electron chi connectivity index (χ1n) is 13.8. The summed E-state index contributed by atoms with van der Waals surface area (Å²) in [5, 5.41) is 1.26. The molecule has 4 aromatic rings. The number of hydrogen-bond donors (Lipinski definition) is 1. The summed E-state index contributed by atoms with van der Waals surface area (Å²) in [7, 11) is 2.09. The molecule has 1 aromatic heterocycles. The number of aromatic nitrogens is 1. The number of nitrogen functional groups attached to an aromatic ring is 1. The zero-order valence-electron chi connectivity index (χ0n) is 22.1. The van der Waals surface area contributed by atoms with Crippen molar-refractivity contribution in [1.29, 1.82) is 0 Å². The van der Waals surface area contributed by atoms with E-state index in [1.165, 1.54) is 44.3 Å². The van der Waals surface area contributed by atoms with Gasteiger partial charge in [0.2, 0.25) is 0 Å². The third kappa shape index (κ3) is 4.95. The summed E-state index contributed by atoms with van der Waals surface area (Å²) in [6.45, 7) is 2.40. The van der Waals surface area contributed by atoms with E-state index in [0.717, 1.165) is 56.8 Å². The third-order valence-corrected chi connectivity index (χ3v) is 8.09. The van der Waals surface area contributed by atoms with Gasteiger partial charge in [-0.1, -0.05) is 24.3 Å². The predicted molar refractivity (Wildman–Crippen MR) is 155 cm³/mol. The molecule has 0 unspecified atom stereocenters. The molecule has 1 saturated heterocycles. The number of aryl methyl sites for hydroxylation is 2. The molecule has 2 heterocycles. The van der Waals surface area contributed by atoms with Crippen LogP contribution in [0.4, 0.5) is 10.1 Å². The molecule has 0 amide bonds. The Balaban J connectivity index is 1.36. The van der Waals surface area contributed by atoms with Crippen molar-refractivity contribution in [3.63, 3.8) is 0 Å². The molecule has 5 heteroatoms. The van der Waals surface area contributed by atoms with Gasteiger partial charge in [-0.15, -0.1) is 0 Å². The van der Waals surface area contributed by atoms with E-state index < -0.39 is 0 Å². The number of ether oxygens (including phenoxy) is 1. The first-order chi connectivity index (χ1) is 18.6. The van der Waals surface area contributed by atoms with Crippen molar-refractivity contribution in [2.75, 3.05) is 32.0 Å². The fraction of sp³-hybridized carbons (Fsp3) is 0.333. The highest BCUT2D eigenvalue weighted by Gasteiger charge is 2.24. The van der Waals surface area contributed by atoms with Gasteiger partial charge in [-0.05, 0) is 108 Å². The highest BCUT2D eigenvalue weighted by atomic mass is 19.1. The molecule has 0 bridgehead atoms. The van der Waals surface area contributed by atoms with Crippen LogP contribution in [0.1, 0.15) is 47.9 Å². The molecule has 38 heavy (non-hydrogen) atoms. The molecule has 0 saturated carbocycles. The van der Waals surface area contributed by atoms with Crippen LogP contribution >= 0.6 is 0 Å². The van der Waals surface area contributed by atoms with E-state index in [1.54, 1.807) is 0 Å². The van der Waals surface area contributed by atoms with Crippen LogP contribution in [-0.2, 0) is 13.5 Å². The molecular formula is C33H36FN3O. The fourth-order valence-electron chi connectivity index (χ4n) is 6.17. The van der Waals surface area contributed by atoms with Crippen LogP contribution in [0.25, 0.3) is 22.0 Å². The Hall–Kier alpha value is -3.57. The number of benzene rings is 3. The molecule has 196 valence electrons. The van der Waals surface area contributed by atoms with E-state index in [2.05, 4.69) is 83.4 Å². The van der Waals surface area contributed by atoms with E-state index in [0.29, 0.717) is 6.42 Å². The summed E-state index contributed by atoms with van der Waals surface area (Å²) >= 11 is 0. The van der Waals surface area contributed by atoms with Crippen LogP contribution in [0.5, 0.6) is 5.75 Å². The Morgan fingerprint density at radius 2 is 1.82 bits per heavy atom. The summed E-state index contributed by atoms with van der Waals surface area (Å²) in [5.74, 6) is 0.894. The number of nitrogens with zero attached hydrogens (tertiary/aromatic N) is 2. The maximum atomic E-state index is 12.6. The molecule has 2 N–H and O–H groups in total. The van der Waals surface area contributed by atoms with Gasteiger partial charge in [0.05, 0.1) is 6.67 Å². The quantitative estimate of drug-likeness (QED) is 0.277. The lowest BCUT2D eigenvalue weighted by Gasteiger charge is -2.19. The van der Waals surface area contributed by atoms with Crippen molar-refractivity contribution in [1.82, 2.24) is 9.47 Å². The van der Waals surface area contributed by atoms with E-state index >= 15 is 0 Å². The molecule has 1 aliphatic heterocycles. The number of allylic oxidation sites excluding steroid dienone is 1. The van der Waals surface area contributed by atoms with Crippen molar-refractivity contribution in [2.45, 2.75) is 38.2 Å². The van der Waals surface area contributed by atoms with Gasteiger partial charge < -0.3 is 15.0 Å². The van der Waals surface area contributed by atoms with Crippen molar-refractivity contribution >= 4 is 27.7 Å². The van der Waals surface area contributed by atoms with Crippen LogP contribution < -0.4 is 10.5 Å². The monoisotopic (exact) mass is 509 g/mol. The molecular weight excluding hydrogens is 473 g/mol. The normalized spacial score (nSPS) is 18.1. The van der Waals surface area contributed by atoms with Crippen molar-refractivity contribution in [3.05, 3.63) is 95.2 Å². The van der Waals surface area contributed by atoms with Crippen molar-refractivity contribution < 1.29 is 9.13 Å². The van der Waals surface area contributed by atoms with Crippen LogP contribution in [0.2, 0.25) is 0 Å². The lowest BCUT2D eigenvalue weighted by molar-refractivity contribution is 0.198. The lowest BCUT2D eigenvalue weighted by Crippen LogP contribution is -2.26. The predicted octanol–water partition coefficient (Wildman–Crippen LogP) is 6.87. The summed E-state index contributed by atoms with van der Waals surface area (Å²) in [6.07, 6.45) is 6.99. The number of rotatable bonds is 7. The third-order valence-electron chi connectivity index (χ3n) is 8.09. The van der Waals surface area contributed by atoms with Crippen molar-refractivity contribution in [2.24, 2.45) is 7.05 Å². The molecule has 4 nitrogen and oxygen atoms in total. The number of nitrogens with two attached hydrogens (primary N) is 1. The van der Waals surface area contributed by atoms with Gasteiger partial charge >= 0.3 is 0 Å². The second kappa shape index (κ2) is 10.7. The minimum atomic E-state index is -0.254. The number of fused-ring (bicyclic) bond motifs is 2. The summed E-state index contributed by atoms with van der Waals surface area (Å²) in [4.78, 5) is 2.30. The topological polar surface area (TPSA) is 43.4 Å². The molecule has 1 fully saturated rings. The average Bonchev–Trinajstić information content (AvgIpc) is 3.48. The Bertz CT molecular complexity index is 1470. The van der Waals surface area contributed by atoms with Gasteiger partial charge in [0.25, 0.3) is 0 Å². The number of halogens is 1. The highest BCUT2D eigenvalue weighted by molar-refractivity contribution is 6.01. The standard InChI is InChI=1S/C33H36FN3O/c1-36-18-14-26-20-25(8-13-32(26)36)30-5-2-4-24-21-27(35)9-12-31(24)33(30)23-6-10-28(11-7-23)38-29-15-19-37(22-29)17-3-16-34/h6-14,18,20-21,29H,2-5,15-17,19,22,35H2,1H3/t29-/m0/s1. The maximum Gasteiger partial charge on any atom is 0.119 e. The van der Waals surface area contributed by atoms with Gasteiger partial charge in [-0.3, -0.25) is 9.29 Å². The summed E-state index contributed by atoms with van der Waals surface area (Å²) in [5.41, 5.74) is 16.0. The van der Waals surface area contributed by atoms with Crippen LogP contribution in [0.15, 0.2) is 72.9 Å². The minimum Gasteiger partial charge on any atom is -0.489 e. The van der Waals surface area contributed by atoms with Crippen LogP contribution in [0.3, 0.4) is 0 Å². The molecule has 2 aliphatic rings. The second-order valence-electron chi connectivity index (χ2n) is 10.7.